The highest BCUT2D eigenvalue weighted by molar-refractivity contribution is 7.09. The van der Waals surface area contributed by atoms with E-state index >= 15 is 0 Å². The van der Waals surface area contributed by atoms with E-state index < -0.39 is 0 Å². The molecule has 1 N–H and O–H groups in total. The van der Waals surface area contributed by atoms with Gasteiger partial charge in [-0.15, -0.1) is 11.3 Å². The van der Waals surface area contributed by atoms with Gasteiger partial charge < -0.3 is 19.5 Å². The third kappa shape index (κ3) is 6.13. The Kier molecular flexibility index (Phi) is 7.49. The van der Waals surface area contributed by atoms with Gasteiger partial charge in [0.15, 0.2) is 11.5 Å². The molecule has 0 spiro atoms. The van der Waals surface area contributed by atoms with Crippen LogP contribution >= 0.6 is 11.3 Å². The van der Waals surface area contributed by atoms with Crippen molar-refractivity contribution in [2.24, 2.45) is 0 Å². The first-order valence-corrected chi connectivity index (χ1v) is 13.0. The van der Waals surface area contributed by atoms with Crippen LogP contribution in [0.25, 0.3) is 0 Å². The topological polar surface area (TPSA) is 72.9 Å². The third-order valence-electron chi connectivity index (χ3n) is 6.49. The van der Waals surface area contributed by atoms with Gasteiger partial charge in [-0.1, -0.05) is 37.5 Å². The predicted molar refractivity (Wildman–Crippen MR) is 135 cm³/mol. The minimum absolute atomic E-state index is 0.0584. The summed E-state index contributed by atoms with van der Waals surface area (Å²) in [5.74, 6) is 2.34. The monoisotopic (exact) mass is 493 g/mol. The fourth-order valence-corrected chi connectivity index (χ4v) is 5.46. The average molecular weight is 494 g/mol. The summed E-state index contributed by atoms with van der Waals surface area (Å²) in [7, 11) is 1.67. The van der Waals surface area contributed by atoms with Crippen molar-refractivity contribution in [1.29, 1.82) is 0 Å². The predicted octanol–water partition coefficient (Wildman–Crippen LogP) is 5.15. The summed E-state index contributed by atoms with van der Waals surface area (Å²) in [6.07, 6.45) is 5.77. The van der Waals surface area contributed by atoms with Crippen LogP contribution in [0, 0.1) is 0 Å². The van der Waals surface area contributed by atoms with Gasteiger partial charge >= 0.3 is 0 Å². The molecule has 1 aliphatic heterocycles. The number of aromatic nitrogens is 1. The standard InChI is InChI=1S/C27H31N3O4S/c1-32-22-10-7-19(8-11-22)14-30(15-20-9-12-24-25(13-20)34-18-33-24)16-26-29-23(17-35-26)27(31)28-21-5-3-2-4-6-21/h7-13,17,21H,2-6,14-16,18H2,1H3,(H,28,31). The van der Waals surface area contributed by atoms with E-state index in [9.17, 15) is 4.79 Å². The van der Waals surface area contributed by atoms with Crippen LogP contribution in [-0.4, -0.2) is 35.7 Å². The molecule has 7 nitrogen and oxygen atoms in total. The molecule has 1 aromatic heterocycles. The highest BCUT2D eigenvalue weighted by Crippen LogP contribution is 2.33. The van der Waals surface area contributed by atoms with Crippen LogP contribution in [0.3, 0.4) is 0 Å². The molecule has 8 heteroatoms. The number of nitrogens with one attached hydrogen (secondary N) is 1. The molecule has 1 fully saturated rings. The lowest BCUT2D eigenvalue weighted by Gasteiger charge is -2.22. The zero-order valence-corrected chi connectivity index (χ0v) is 20.8. The number of ether oxygens (including phenoxy) is 3. The molecule has 184 valence electrons. The number of thiazole rings is 1. The van der Waals surface area contributed by atoms with Gasteiger partial charge in [0.1, 0.15) is 16.5 Å². The Labute approximate surface area is 210 Å². The molecule has 0 radical (unpaired) electrons. The minimum atomic E-state index is -0.0584. The molecule has 0 bridgehead atoms. The van der Waals surface area contributed by atoms with E-state index in [2.05, 4.69) is 33.4 Å². The van der Waals surface area contributed by atoms with E-state index in [4.69, 9.17) is 14.2 Å². The fraction of sp³-hybridized carbons (Fsp3) is 0.407. The van der Waals surface area contributed by atoms with Crippen LogP contribution in [0.4, 0.5) is 0 Å². The highest BCUT2D eigenvalue weighted by atomic mass is 32.1. The van der Waals surface area contributed by atoms with E-state index in [0.717, 1.165) is 47.2 Å². The van der Waals surface area contributed by atoms with Gasteiger partial charge in [0, 0.05) is 24.5 Å². The quantitative estimate of drug-likeness (QED) is 0.445. The van der Waals surface area contributed by atoms with Crippen molar-refractivity contribution in [3.63, 3.8) is 0 Å². The van der Waals surface area contributed by atoms with Crippen LogP contribution in [-0.2, 0) is 19.6 Å². The first kappa shape index (κ1) is 23.6. The lowest BCUT2D eigenvalue weighted by Crippen LogP contribution is -2.36. The molecule has 35 heavy (non-hydrogen) atoms. The van der Waals surface area contributed by atoms with Gasteiger partial charge in [0.05, 0.1) is 13.7 Å². The van der Waals surface area contributed by atoms with Gasteiger partial charge in [-0.3, -0.25) is 9.69 Å². The number of carbonyl (C=O) groups is 1. The molecule has 3 aromatic rings. The summed E-state index contributed by atoms with van der Waals surface area (Å²) in [5.41, 5.74) is 2.83. The number of rotatable bonds is 9. The van der Waals surface area contributed by atoms with Crippen LogP contribution in [0.2, 0.25) is 0 Å². The molecule has 1 aliphatic carbocycles. The van der Waals surface area contributed by atoms with E-state index in [0.29, 0.717) is 18.8 Å². The van der Waals surface area contributed by atoms with E-state index in [1.54, 1.807) is 7.11 Å². The molecule has 0 unspecified atom stereocenters. The van der Waals surface area contributed by atoms with Crippen LogP contribution in [0.1, 0.15) is 58.7 Å². The van der Waals surface area contributed by atoms with Gasteiger partial charge in [-0.25, -0.2) is 4.98 Å². The molecule has 0 saturated heterocycles. The normalized spacial score (nSPS) is 15.4. The number of fused-ring (bicyclic) bond motifs is 1. The highest BCUT2D eigenvalue weighted by Gasteiger charge is 2.20. The second kappa shape index (κ2) is 11.1. The van der Waals surface area contributed by atoms with E-state index in [1.165, 1.54) is 36.2 Å². The Morgan fingerprint density at radius 2 is 1.77 bits per heavy atom. The summed E-state index contributed by atoms with van der Waals surface area (Å²) in [4.78, 5) is 19.7. The summed E-state index contributed by atoms with van der Waals surface area (Å²) in [6.45, 7) is 2.36. The second-order valence-corrected chi connectivity index (χ2v) is 10.1. The Morgan fingerprint density at radius 1 is 1.03 bits per heavy atom. The first-order chi connectivity index (χ1) is 17.2. The number of amides is 1. The Balaban J connectivity index is 1.29. The fourth-order valence-electron chi connectivity index (χ4n) is 4.64. The molecule has 1 amide bonds. The molecule has 2 heterocycles. The van der Waals surface area contributed by atoms with Crippen molar-refractivity contribution in [3.8, 4) is 17.2 Å². The lowest BCUT2D eigenvalue weighted by atomic mass is 9.95. The van der Waals surface area contributed by atoms with Gasteiger partial charge in [0.25, 0.3) is 5.91 Å². The Morgan fingerprint density at radius 3 is 2.57 bits per heavy atom. The van der Waals surface area contributed by atoms with E-state index in [-0.39, 0.29) is 18.7 Å². The van der Waals surface area contributed by atoms with Crippen molar-refractivity contribution in [1.82, 2.24) is 15.2 Å². The molecular formula is C27H31N3O4S. The Hall–Kier alpha value is -3.10. The van der Waals surface area contributed by atoms with Crippen molar-refractivity contribution >= 4 is 17.2 Å². The summed E-state index contributed by atoms with van der Waals surface area (Å²) >= 11 is 1.54. The van der Waals surface area contributed by atoms with Crippen molar-refractivity contribution < 1.29 is 19.0 Å². The molecule has 5 rings (SSSR count). The van der Waals surface area contributed by atoms with Crippen LogP contribution in [0.15, 0.2) is 47.8 Å². The zero-order chi connectivity index (χ0) is 24.0. The van der Waals surface area contributed by atoms with Gasteiger partial charge in [-0.05, 0) is 48.2 Å². The summed E-state index contributed by atoms with van der Waals surface area (Å²) in [6, 6.07) is 14.5. The molecule has 2 aromatic carbocycles. The number of benzene rings is 2. The maximum Gasteiger partial charge on any atom is 0.270 e. The maximum atomic E-state index is 12.7. The SMILES string of the molecule is COc1ccc(CN(Cc2ccc3c(c2)OCO3)Cc2nc(C(=O)NC3CCCCC3)cs2)cc1. The van der Waals surface area contributed by atoms with Gasteiger partial charge in [-0.2, -0.15) is 0 Å². The van der Waals surface area contributed by atoms with Gasteiger partial charge in [0.2, 0.25) is 6.79 Å². The zero-order valence-electron chi connectivity index (χ0n) is 20.0. The molecule has 1 saturated carbocycles. The first-order valence-electron chi connectivity index (χ1n) is 12.2. The minimum Gasteiger partial charge on any atom is -0.497 e. The number of nitrogens with zero attached hydrogens (tertiary/aromatic N) is 2. The third-order valence-corrected chi connectivity index (χ3v) is 7.33. The van der Waals surface area contributed by atoms with Crippen LogP contribution in [0.5, 0.6) is 17.2 Å². The molecule has 0 atom stereocenters. The smallest absolute Gasteiger partial charge is 0.270 e. The van der Waals surface area contributed by atoms with E-state index in [1.807, 2.05) is 29.6 Å². The molecule has 2 aliphatic rings. The van der Waals surface area contributed by atoms with Crippen molar-refractivity contribution in [2.45, 2.75) is 57.8 Å². The van der Waals surface area contributed by atoms with Crippen molar-refractivity contribution in [3.05, 3.63) is 69.7 Å². The maximum absolute atomic E-state index is 12.7. The summed E-state index contributed by atoms with van der Waals surface area (Å²) < 4.78 is 16.3. The number of hydrogen-bond acceptors (Lipinski definition) is 7. The van der Waals surface area contributed by atoms with Crippen molar-refractivity contribution in [2.75, 3.05) is 13.9 Å². The number of carbonyl (C=O) groups excluding carboxylic acids is 1. The largest absolute Gasteiger partial charge is 0.497 e. The molecular weight excluding hydrogens is 462 g/mol. The summed E-state index contributed by atoms with van der Waals surface area (Å²) in [5, 5.41) is 5.97. The van der Waals surface area contributed by atoms with Crippen LogP contribution < -0.4 is 19.5 Å². The second-order valence-electron chi connectivity index (χ2n) is 9.12. The number of hydrogen-bond donors (Lipinski definition) is 1. The Bertz CT molecular complexity index is 1140. The number of methoxy groups -OCH3 is 1. The lowest BCUT2D eigenvalue weighted by molar-refractivity contribution is 0.0923. The average Bonchev–Trinajstić information content (AvgIpc) is 3.54.